The number of rotatable bonds is 7. The molecule has 0 unspecified atom stereocenters. The summed E-state index contributed by atoms with van der Waals surface area (Å²) in [5.74, 6) is 0.103. The number of aliphatic hydroxyl groups excluding tert-OH is 1. The summed E-state index contributed by atoms with van der Waals surface area (Å²) in [7, 11) is 0. The third-order valence-corrected chi connectivity index (χ3v) is 3.45. The van der Waals surface area contributed by atoms with E-state index in [0.717, 1.165) is 19.4 Å². The fourth-order valence-corrected chi connectivity index (χ4v) is 2.34. The van der Waals surface area contributed by atoms with Crippen LogP contribution in [0.25, 0.3) is 0 Å². The van der Waals surface area contributed by atoms with Gasteiger partial charge in [0.05, 0.1) is 11.7 Å². The van der Waals surface area contributed by atoms with Crippen molar-refractivity contribution in [3.05, 3.63) is 35.9 Å². The summed E-state index contributed by atoms with van der Waals surface area (Å²) >= 11 is 0. The molecule has 102 valence electrons. The third kappa shape index (κ3) is 4.43. The molecule has 0 spiro atoms. The lowest BCUT2D eigenvalue weighted by molar-refractivity contribution is -0.0929. The number of hydrogen-bond acceptors (Lipinski definition) is 2. The van der Waals surface area contributed by atoms with Crippen LogP contribution >= 0.6 is 0 Å². The molecule has 1 N–H and O–H groups in total. The van der Waals surface area contributed by atoms with Crippen molar-refractivity contribution in [3.63, 3.8) is 0 Å². The molecule has 0 radical (unpaired) electrons. The average Bonchev–Trinajstić information content (AvgIpc) is 2.34. The fraction of sp³-hybridized carbons (Fsp3) is 0.625. The van der Waals surface area contributed by atoms with Gasteiger partial charge in [0.15, 0.2) is 0 Å². The second-order valence-electron chi connectivity index (χ2n) is 5.49. The SMILES string of the molecule is CCCOC(C)(C)[C@@H](Cc1ccccc1)[C@H](C)O. The topological polar surface area (TPSA) is 29.5 Å². The Labute approximate surface area is 111 Å². The molecule has 0 heterocycles. The number of benzene rings is 1. The predicted molar refractivity (Wildman–Crippen MR) is 75.6 cm³/mol. The minimum atomic E-state index is -0.378. The summed E-state index contributed by atoms with van der Waals surface area (Å²) in [4.78, 5) is 0. The quantitative estimate of drug-likeness (QED) is 0.803. The van der Waals surface area contributed by atoms with Crippen LogP contribution in [0.3, 0.4) is 0 Å². The van der Waals surface area contributed by atoms with Crippen molar-refractivity contribution in [1.29, 1.82) is 0 Å². The summed E-state index contributed by atoms with van der Waals surface area (Å²) in [6.07, 6.45) is 1.47. The van der Waals surface area contributed by atoms with E-state index in [4.69, 9.17) is 4.74 Å². The van der Waals surface area contributed by atoms with Crippen LogP contribution in [0, 0.1) is 5.92 Å². The van der Waals surface area contributed by atoms with Gasteiger partial charge in [0.25, 0.3) is 0 Å². The highest BCUT2D eigenvalue weighted by Crippen LogP contribution is 2.28. The molecule has 2 heteroatoms. The van der Waals surface area contributed by atoms with Crippen LogP contribution in [-0.2, 0) is 11.2 Å². The Bertz CT molecular complexity index is 330. The Kier molecular flexibility index (Phi) is 5.83. The highest BCUT2D eigenvalue weighted by Gasteiger charge is 2.33. The van der Waals surface area contributed by atoms with Gasteiger partial charge in [-0.25, -0.2) is 0 Å². The molecule has 0 aliphatic rings. The van der Waals surface area contributed by atoms with E-state index in [1.807, 2.05) is 25.1 Å². The van der Waals surface area contributed by atoms with Crippen molar-refractivity contribution in [2.75, 3.05) is 6.61 Å². The lowest BCUT2D eigenvalue weighted by Crippen LogP contribution is -2.42. The zero-order valence-corrected chi connectivity index (χ0v) is 12.0. The molecule has 1 aromatic carbocycles. The van der Waals surface area contributed by atoms with E-state index in [0.29, 0.717) is 0 Å². The Balaban J connectivity index is 2.76. The van der Waals surface area contributed by atoms with E-state index in [2.05, 4.69) is 32.9 Å². The van der Waals surface area contributed by atoms with Gasteiger partial charge >= 0.3 is 0 Å². The van der Waals surface area contributed by atoms with Gasteiger partial charge in [-0.15, -0.1) is 0 Å². The van der Waals surface area contributed by atoms with E-state index in [9.17, 15) is 5.11 Å². The fourth-order valence-electron chi connectivity index (χ4n) is 2.34. The minimum absolute atomic E-state index is 0.103. The Hall–Kier alpha value is -0.860. The highest BCUT2D eigenvalue weighted by molar-refractivity contribution is 5.16. The summed E-state index contributed by atoms with van der Waals surface area (Å²) in [6, 6.07) is 10.3. The molecule has 2 nitrogen and oxygen atoms in total. The van der Waals surface area contributed by atoms with Crippen LogP contribution < -0.4 is 0 Å². The van der Waals surface area contributed by atoms with Gasteiger partial charge in [-0.05, 0) is 39.2 Å². The molecule has 1 aromatic rings. The van der Waals surface area contributed by atoms with Crippen LogP contribution in [0.5, 0.6) is 0 Å². The standard InChI is InChI=1S/C16H26O2/c1-5-11-18-16(3,4)15(13(2)17)12-14-9-7-6-8-10-14/h6-10,13,15,17H,5,11-12H2,1-4H3/t13-,15-/m0/s1. The van der Waals surface area contributed by atoms with E-state index in [-0.39, 0.29) is 17.6 Å². The van der Waals surface area contributed by atoms with Crippen molar-refractivity contribution in [1.82, 2.24) is 0 Å². The zero-order valence-electron chi connectivity index (χ0n) is 12.0. The third-order valence-electron chi connectivity index (χ3n) is 3.45. The van der Waals surface area contributed by atoms with Gasteiger partial charge in [0.2, 0.25) is 0 Å². The molecule has 0 saturated heterocycles. The molecular weight excluding hydrogens is 224 g/mol. The second-order valence-corrected chi connectivity index (χ2v) is 5.49. The van der Waals surface area contributed by atoms with Crippen LogP contribution in [0.15, 0.2) is 30.3 Å². The van der Waals surface area contributed by atoms with E-state index in [1.54, 1.807) is 0 Å². The van der Waals surface area contributed by atoms with Crippen molar-refractivity contribution in [3.8, 4) is 0 Å². The maximum Gasteiger partial charge on any atom is 0.0682 e. The molecule has 0 bridgehead atoms. The Morgan fingerprint density at radius 2 is 1.83 bits per heavy atom. The normalized spacial score (nSPS) is 15.4. The van der Waals surface area contributed by atoms with Crippen molar-refractivity contribution < 1.29 is 9.84 Å². The first-order valence-corrected chi connectivity index (χ1v) is 6.83. The molecule has 0 saturated carbocycles. The molecule has 0 aliphatic heterocycles. The maximum atomic E-state index is 10.0. The lowest BCUT2D eigenvalue weighted by Gasteiger charge is -2.36. The van der Waals surface area contributed by atoms with Gasteiger partial charge < -0.3 is 9.84 Å². The molecule has 2 atom stereocenters. The number of ether oxygens (including phenoxy) is 1. The molecule has 0 aromatic heterocycles. The summed E-state index contributed by atoms with van der Waals surface area (Å²) < 4.78 is 5.91. The largest absolute Gasteiger partial charge is 0.393 e. The summed E-state index contributed by atoms with van der Waals surface area (Å²) in [5, 5.41) is 10.0. The van der Waals surface area contributed by atoms with Gasteiger partial charge in [0, 0.05) is 12.5 Å². The second kappa shape index (κ2) is 6.91. The Morgan fingerprint density at radius 3 is 2.33 bits per heavy atom. The first kappa shape index (κ1) is 15.2. The van der Waals surface area contributed by atoms with E-state index >= 15 is 0 Å². The van der Waals surface area contributed by atoms with Gasteiger partial charge in [-0.1, -0.05) is 37.3 Å². The van der Waals surface area contributed by atoms with Crippen LogP contribution in [0.1, 0.15) is 39.7 Å². The molecule has 0 aliphatic carbocycles. The van der Waals surface area contributed by atoms with E-state index < -0.39 is 0 Å². The van der Waals surface area contributed by atoms with Crippen molar-refractivity contribution in [2.24, 2.45) is 5.92 Å². The molecular formula is C16H26O2. The number of hydrogen-bond donors (Lipinski definition) is 1. The average molecular weight is 250 g/mol. The molecule has 1 rings (SSSR count). The first-order valence-electron chi connectivity index (χ1n) is 6.83. The first-order chi connectivity index (χ1) is 8.47. The van der Waals surface area contributed by atoms with Gasteiger partial charge in [-0.3, -0.25) is 0 Å². The van der Waals surface area contributed by atoms with Crippen LogP contribution in [0.4, 0.5) is 0 Å². The van der Waals surface area contributed by atoms with Crippen molar-refractivity contribution in [2.45, 2.75) is 52.2 Å². The van der Waals surface area contributed by atoms with Gasteiger partial charge in [-0.2, -0.15) is 0 Å². The highest BCUT2D eigenvalue weighted by atomic mass is 16.5. The summed E-state index contributed by atoms with van der Waals surface area (Å²) in [6.45, 7) is 8.84. The van der Waals surface area contributed by atoms with Crippen LogP contribution in [0.2, 0.25) is 0 Å². The number of aliphatic hydroxyl groups is 1. The lowest BCUT2D eigenvalue weighted by atomic mass is 9.81. The minimum Gasteiger partial charge on any atom is -0.393 e. The molecule has 0 amide bonds. The predicted octanol–water partition coefficient (Wildman–Crippen LogP) is 3.43. The van der Waals surface area contributed by atoms with Crippen LogP contribution in [-0.4, -0.2) is 23.4 Å². The molecule has 18 heavy (non-hydrogen) atoms. The van der Waals surface area contributed by atoms with Gasteiger partial charge in [0.1, 0.15) is 0 Å². The smallest absolute Gasteiger partial charge is 0.0682 e. The molecule has 0 fully saturated rings. The zero-order chi connectivity index (χ0) is 13.6. The van der Waals surface area contributed by atoms with Crippen molar-refractivity contribution >= 4 is 0 Å². The Morgan fingerprint density at radius 1 is 1.22 bits per heavy atom. The maximum absolute atomic E-state index is 10.0. The summed E-state index contributed by atoms with van der Waals surface area (Å²) in [5.41, 5.74) is 0.941. The monoisotopic (exact) mass is 250 g/mol. The van der Waals surface area contributed by atoms with E-state index in [1.165, 1.54) is 5.56 Å².